The van der Waals surface area contributed by atoms with Crippen LogP contribution in [-0.4, -0.2) is 58.5 Å². The van der Waals surface area contributed by atoms with Gasteiger partial charge in [-0.15, -0.1) is 0 Å². The van der Waals surface area contributed by atoms with Crippen molar-refractivity contribution in [2.24, 2.45) is 0 Å². The molecule has 2 saturated heterocycles. The lowest BCUT2D eigenvalue weighted by atomic mass is 10.2. The number of hydrogen-bond acceptors (Lipinski definition) is 7. The predicted molar refractivity (Wildman–Crippen MR) is 71.1 cm³/mol. The van der Waals surface area contributed by atoms with Gasteiger partial charge in [-0.2, -0.15) is 4.98 Å². The van der Waals surface area contributed by atoms with Gasteiger partial charge in [0, 0.05) is 25.7 Å². The Hall–Kier alpha value is -1.02. The van der Waals surface area contributed by atoms with Crippen LogP contribution in [0.2, 0.25) is 0 Å². The number of β-amino-alcohol motifs (C(OH)–C–C–N with tert-alkyl or cyclic N) is 1. The van der Waals surface area contributed by atoms with E-state index < -0.39 is 0 Å². The van der Waals surface area contributed by atoms with Crippen LogP contribution in [0.3, 0.4) is 0 Å². The second-order valence-electron chi connectivity index (χ2n) is 5.79. The molecule has 2 aliphatic rings. The minimum Gasteiger partial charge on any atom is -0.392 e. The largest absolute Gasteiger partial charge is 0.392 e. The third-order valence-corrected chi connectivity index (χ3v) is 3.98. The van der Waals surface area contributed by atoms with E-state index in [9.17, 15) is 5.11 Å². The molecule has 1 unspecified atom stereocenters. The third kappa shape index (κ3) is 2.85. The molecule has 0 bridgehead atoms. The number of nitrogens with one attached hydrogen (secondary N) is 1. The number of aromatic nitrogens is 2. The van der Waals surface area contributed by atoms with E-state index in [0.29, 0.717) is 37.3 Å². The number of morpholine rings is 1. The molecule has 1 aromatic heterocycles. The van der Waals surface area contributed by atoms with E-state index in [2.05, 4.69) is 34.2 Å². The van der Waals surface area contributed by atoms with E-state index in [1.807, 2.05) is 0 Å². The van der Waals surface area contributed by atoms with Crippen LogP contribution in [0.5, 0.6) is 0 Å². The molecule has 20 heavy (non-hydrogen) atoms. The Morgan fingerprint density at radius 3 is 3.00 bits per heavy atom. The summed E-state index contributed by atoms with van der Waals surface area (Å²) in [6.45, 7) is 7.34. The van der Waals surface area contributed by atoms with Crippen LogP contribution in [0, 0.1) is 0 Å². The first-order valence-corrected chi connectivity index (χ1v) is 7.24. The summed E-state index contributed by atoms with van der Waals surface area (Å²) in [4.78, 5) is 6.79. The third-order valence-electron chi connectivity index (χ3n) is 3.98. The van der Waals surface area contributed by atoms with Crippen molar-refractivity contribution in [1.29, 1.82) is 0 Å². The maximum Gasteiger partial charge on any atom is 0.243 e. The summed E-state index contributed by atoms with van der Waals surface area (Å²) >= 11 is 0. The smallest absolute Gasteiger partial charge is 0.243 e. The lowest BCUT2D eigenvalue weighted by Gasteiger charge is -2.34. The van der Waals surface area contributed by atoms with Gasteiger partial charge in [0.1, 0.15) is 6.10 Å². The SMILES string of the molecule is CC(C)N1CCOC(c2noc([C@H]3C[C@H](O)CN3)n2)C1. The van der Waals surface area contributed by atoms with E-state index in [1.165, 1.54) is 0 Å². The molecular weight excluding hydrogens is 260 g/mol. The number of nitrogens with zero attached hydrogens (tertiary/aromatic N) is 3. The Labute approximate surface area is 118 Å². The minimum absolute atomic E-state index is 0.0453. The molecule has 7 heteroatoms. The Kier molecular flexibility index (Phi) is 4.02. The van der Waals surface area contributed by atoms with Gasteiger partial charge in [0.15, 0.2) is 0 Å². The van der Waals surface area contributed by atoms with E-state index in [4.69, 9.17) is 9.26 Å². The first kappa shape index (κ1) is 13.9. The monoisotopic (exact) mass is 282 g/mol. The molecule has 112 valence electrons. The number of aliphatic hydroxyl groups excluding tert-OH is 1. The van der Waals surface area contributed by atoms with Gasteiger partial charge >= 0.3 is 0 Å². The van der Waals surface area contributed by atoms with Crippen LogP contribution in [0.15, 0.2) is 4.52 Å². The quantitative estimate of drug-likeness (QED) is 0.822. The van der Waals surface area contributed by atoms with Crippen molar-refractivity contribution >= 4 is 0 Å². The Morgan fingerprint density at radius 1 is 1.45 bits per heavy atom. The number of hydrogen-bond donors (Lipinski definition) is 2. The highest BCUT2D eigenvalue weighted by Crippen LogP contribution is 2.25. The molecule has 0 saturated carbocycles. The summed E-state index contributed by atoms with van der Waals surface area (Å²) in [7, 11) is 0. The molecular formula is C13H22N4O3. The second kappa shape index (κ2) is 5.77. The fraction of sp³-hybridized carbons (Fsp3) is 0.846. The van der Waals surface area contributed by atoms with Crippen LogP contribution < -0.4 is 5.32 Å². The van der Waals surface area contributed by atoms with Gasteiger partial charge in [0.2, 0.25) is 11.7 Å². The van der Waals surface area contributed by atoms with Crippen molar-refractivity contribution in [2.45, 2.75) is 44.6 Å². The number of aliphatic hydroxyl groups is 1. The average Bonchev–Trinajstić information content (AvgIpc) is 3.07. The first-order valence-electron chi connectivity index (χ1n) is 7.24. The van der Waals surface area contributed by atoms with Crippen molar-refractivity contribution < 1.29 is 14.4 Å². The van der Waals surface area contributed by atoms with Crippen LogP contribution in [0.4, 0.5) is 0 Å². The van der Waals surface area contributed by atoms with Crippen molar-refractivity contribution in [1.82, 2.24) is 20.4 Å². The lowest BCUT2D eigenvalue weighted by molar-refractivity contribution is -0.0450. The zero-order valence-corrected chi connectivity index (χ0v) is 12.0. The Balaban J connectivity index is 1.67. The summed E-state index contributed by atoms with van der Waals surface area (Å²) < 4.78 is 11.1. The molecule has 2 N–H and O–H groups in total. The zero-order valence-electron chi connectivity index (χ0n) is 12.0. The van der Waals surface area contributed by atoms with E-state index in [-0.39, 0.29) is 18.2 Å². The molecule has 0 aliphatic carbocycles. The molecule has 0 spiro atoms. The van der Waals surface area contributed by atoms with Crippen molar-refractivity contribution in [3.05, 3.63) is 11.7 Å². The maximum atomic E-state index is 9.53. The van der Waals surface area contributed by atoms with Crippen LogP contribution in [0.1, 0.15) is 44.1 Å². The molecule has 3 atom stereocenters. The highest BCUT2D eigenvalue weighted by molar-refractivity contribution is 5.00. The summed E-state index contributed by atoms with van der Waals surface area (Å²) in [6.07, 6.45) is 0.151. The maximum absolute atomic E-state index is 9.53. The van der Waals surface area contributed by atoms with Crippen LogP contribution in [-0.2, 0) is 4.74 Å². The van der Waals surface area contributed by atoms with E-state index in [0.717, 1.165) is 13.1 Å². The van der Waals surface area contributed by atoms with Gasteiger partial charge in [0.25, 0.3) is 0 Å². The lowest BCUT2D eigenvalue weighted by Crippen LogP contribution is -2.42. The molecule has 0 amide bonds. The standard InChI is InChI=1S/C13H22N4O3/c1-8(2)17-3-4-19-11(7-17)12-15-13(20-16-12)10-5-9(18)6-14-10/h8-11,14,18H,3-7H2,1-2H3/t9-,10+,11?/m0/s1. The van der Waals surface area contributed by atoms with Gasteiger partial charge in [-0.25, -0.2) is 0 Å². The Bertz CT molecular complexity index is 451. The first-order chi connectivity index (χ1) is 9.63. The topological polar surface area (TPSA) is 83.7 Å². The molecule has 7 nitrogen and oxygen atoms in total. The van der Waals surface area contributed by atoms with E-state index in [1.54, 1.807) is 0 Å². The van der Waals surface area contributed by atoms with Crippen molar-refractivity contribution in [3.8, 4) is 0 Å². The van der Waals surface area contributed by atoms with E-state index >= 15 is 0 Å². The number of rotatable bonds is 3. The molecule has 0 radical (unpaired) electrons. The molecule has 3 rings (SSSR count). The fourth-order valence-corrected chi connectivity index (χ4v) is 2.72. The molecule has 2 fully saturated rings. The normalized spacial score (nSPS) is 32.1. The van der Waals surface area contributed by atoms with Gasteiger partial charge in [-0.1, -0.05) is 5.16 Å². The molecule has 2 aliphatic heterocycles. The summed E-state index contributed by atoms with van der Waals surface area (Å²) in [5.74, 6) is 1.15. The predicted octanol–water partition coefficient (Wildman–Crippen LogP) is 0.247. The minimum atomic E-state index is -0.335. The molecule has 1 aromatic rings. The van der Waals surface area contributed by atoms with Gasteiger partial charge in [-0.3, -0.25) is 4.90 Å². The fourth-order valence-electron chi connectivity index (χ4n) is 2.72. The molecule has 0 aromatic carbocycles. The highest BCUT2D eigenvalue weighted by Gasteiger charge is 2.31. The zero-order chi connectivity index (χ0) is 14.1. The van der Waals surface area contributed by atoms with Crippen LogP contribution in [0.25, 0.3) is 0 Å². The second-order valence-corrected chi connectivity index (χ2v) is 5.79. The number of ether oxygens (including phenoxy) is 1. The van der Waals surface area contributed by atoms with Gasteiger partial charge < -0.3 is 19.7 Å². The Morgan fingerprint density at radius 2 is 2.30 bits per heavy atom. The van der Waals surface area contributed by atoms with Crippen molar-refractivity contribution in [3.63, 3.8) is 0 Å². The van der Waals surface area contributed by atoms with Gasteiger partial charge in [0.05, 0.1) is 18.8 Å². The van der Waals surface area contributed by atoms with Gasteiger partial charge in [-0.05, 0) is 20.3 Å². The highest BCUT2D eigenvalue weighted by atomic mass is 16.5. The molecule has 3 heterocycles. The average molecular weight is 282 g/mol. The van der Waals surface area contributed by atoms with Crippen LogP contribution >= 0.6 is 0 Å². The summed E-state index contributed by atoms with van der Waals surface area (Å²) in [6, 6.07) is 0.440. The summed E-state index contributed by atoms with van der Waals surface area (Å²) in [5, 5.41) is 16.7. The summed E-state index contributed by atoms with van der Waals surface area (Å²) in [5.41, 5.74) is 0. The van der Waals surface area contributed by atoms with Crippen molar-refractivity contribution in [2.75, 3.05) is 26.2 Å².